The van der Waals surface area contributed by atoms with Gasteiger partial charge in [-0.2, -0.15) is 0 Å². The summed E-state index contributed by atoms with van der Waals surface area (Å²) in [7, 11) is 1.61. The first-order valence-corrected chi connectivity index (χ1v) is 7.67. The number of nitrogens with zero attached hydrogens (tertiary/aromatic N) is 1. The van der Waals surface area contributed by atoms with Gasteiger partial charge in [0, 0.05) is 22.2 Å². The fraction of sp³-hybridized carbons (Fsp3) is 0.111. The topological polar surface area (TPSA) is 64.4 Å². The maximum atomic E-state index is 12.1. The van der Waals surface area contributed by atoms with Crippen LogP contribution in [0.5, 0.6) is 5.75 Å². The number of nitrogens with one attached hydrogen (secondary N) is 1. The minimum absolute atomic E-state index is 0.219. The molecule has 0 aliphatic heterocycles. The number of carbonyl (C=O) groups is 1. The number of methoxy groups -OCH3 is 1. The van der Waals surface area contributed by atoms with Crippen molar-refractivity contribution in [3.8, 4) is 17.1 Å². The first-order chi connectivity index (χ1) is 11.7. The molecule has 0 atom stereocenters. The van der Waals surface area contributed by atoms with Crippen LogP contribution in [0.3, 0.4) is 0 Å². The van der Waals surface area contributed by atoms with Crippen LogP contribution < -0.4 is 10.1 Å². The highest BCUT2D eigenvalue weighted by molar-refractivity contribution is 6.30. The van der Waals surface area contributed by atoms with Gasteiger partial charge >= 0.3 is 0 Å². The normalized spacial score (nSPS) is 10.4. The average molecular weight is 343 g/mol. The van der Waals surface area contributed by atoms with E-state index < -0.39 is 0 Å². The predicted octanol–water partition coefficient (Wildman–Crippen LogP) is 3.93. The number of amides is 1. The number of carbonyl (C=O) groups excluding carboxylic acids is 1. The van der Waals surface area contributed by atoms with Gasteiger partial charge in [0.2, 0.25) is 0 Å². The van der Waals surface area contributed by atoms with Gasteiger partial charge in [0.1, 0.15) is 11.4 Å². The second-order valence-corrected chi connectivity index (χ2v) is 5.54. The molecule has 0 radical (unpaired) electrons. The van der Waals surface area contributed by atoms with Gasteiger partial charge in [-0.15, -0.1) is 0 Å². The first kappa shape index (κ1) is 16.1. The van der Waals surface area contributed by atoms with Gasteiger partial charge in [0.15, 0.2) is 5.76 Å². The van der Waals surface area contributed by atoms with Crippen LogP contribution in [0.15, 0.2) is 59.1 Å². The molecule has 122 valence electrons. The van der Waals surface area contributed by atoms with E-state index in [4.69, 9.17) is 20.9 Å². The Kier molecular flexibility index (Phi) is 4.82. The lowest BCUT2D eigenvalue weighted by atomic mass is 10.1. The SMILES string of the molecule is COc1cccc(-c2cc(CNC(=O)c3cccc(Cl)c3)no2)c1. The minimum Gasteiger partial charge on any atom is -0.497 e. The largest absolute Gasteiger partial charge is 0.497 e. The second-order valence-electron chi connectivity index (χ2n) is 5.11. The van der Waals surface area contributed by atoms with Gasteiger partial charge < -0.3 is 14.6 Å². The van der Waals surface area contributed by atoms with E-state index in [9.17, 15) is 4.79 Å². The van der Waals surface area contributed by atoms with Crippen LogP contribution in [0.1, 0.15) is 16.1 Å². The van der Waals surface area contributed by atoms with Crippen LogP contribution in [0, 0.1) is 0 Å². The van der Waals surface area contributed by atoms with Gasteiger partial charge in [-0.1, -0.05) is 35.0 Å². The van der Waals surface area contributed by atoms with Crippen molar-refractivity contribution in [2.45, 2.75) is 6.54 Å². The number of aromatic nitrogens is 1. The zero-order chi connectivity index (χ0) is 16.9. The molecule has 0 fully saturated rings. The van der Waals surface area contributed by atoms with Gasteiger partial charge in [-0.25, -0.2) is 0 Å². The highest BCUT2D eigenvalue weighted by Crippen LogP contribution is 2.24. The molecule has 1 aromatic heterocycles. The van der Waals surface area contributed by atoms with Crippen LogP contribution in [0.4, 0.5) is 0 Å². The molecule has 1 heterocycles. The smallest absolute Gasteiger partial charge is 0.251 e. The highest BCUT2D eigenvalue weighted by atomic mass is 35.5. The van der Waals surface area contributed by atoms with E-state index in [0.717, 1.165) is 11.3 Å². The second kappa shape index (κ2) is 7.19. The quantitative estimate of drug-likeness (QED) is 0.763. The first-order valence-electron chi connectivity index (χ1n) is 7.29. The number of hydrogen-bond donors (Lipinski definition) is 1. The molecule has 0 spiro atoms. The number of halogens is 1. The maximum Gasteiger partial charge on any atom is 0.251 e. The molecule has 0 aliphatic carbocycles. The Balaban J connectivity index is 1.67. The van der Waals surface area contributed by atoms with E-state index in [0.29, 0.717) is 22.0 Å². The summed E-state index contributed by atoms with van der Waals surface area (Å²) >= 11 is 5.88. The van der Waals surface area contributed by atoms with Gasteiger partial charge in [0.05, 0.1) is 13.7 Å². The fourth-order valence-electron chi connectivity index (χ4n) is 2.21. The van der Waals surface area contributed by atoms with Gasteiger partial charge in [-0.3, -0.25) is 4.79 Å². The Labute approximate surface area is 144 Å². The van der Waals surface area contributed by atoms with E-state index in [2.05, 4.69) is 10.5 Å². The van der Waals surface area contributed by atoms with Gasteiger partial charge in [-0.05, 0) is 30.3 Å². The van der Waals surface area contributed by atoms with Crippen molar-refractivity contribution in [3.63, 3.8) is 0 Å². The summed E-state index contributed by atoms with van der Waals surface area (Å²) in [5.74, 6) is 1.13. The van der Waals surface area contributed by atoms with Crippen molar-refractivity contribution >= 4 is 17.5 Å². The summed E-state index contributed by atoms with van der Waals surface area (Å²) < 4.78 is 10.5. The van der Waals surface area contributed by atoms with E-state index in [1.807, 2.05) is 24.3 Å². The molecular formula is C18H15ClN2O3. The molecule has 3 aromatic rings. The monoisotopic (exact) mass is 342 g/mol. The van der Waals surface area contributed by atoms with Crippen molar-refractivity contribution in [2.24, 2.45) is 0 Å². The van der Waals surface area contributed by atoms with E-state index in [1.165, 1.54) is 0 Å². The lowest BCUT2D eigenvalue weighted by Crippen LogP contribution is -2.22. The summed E-state index contributed by atoms with van der Waals surface area (Å²) in [5, 5.41) is 7.28. The number of benzene rings is 2. The molecule has 3 rings (SSSR count). The zero-order valence-corrected chi connectivity index (χ0v) is 13.7. The molecule has 6 heteroatoms. The van der Waals surface area contributed by atoms with Crippen LogP contribution in [-0.4, -0.2) is 18.2 Å². The molecule has 2 aromatic carbocycles. The molecule has 24 heavy (non-hydrogen) atoms. The van der Waals surface area contributed by atoms with E-state index >= 15 is 0 Å². The van der Waals surface area contributed by atoms with Crippen LogP contribution in [0.2, 0.25) is 5.02 Å². The average Bonchev–Trinajstić information content (AvgIpc) is 3.09. The molecule has 1 amide bonds. The number of ether oxygens (including phenoxy) is 1. The molecule has 0 unspecified atom stereocenters. The van der Waals surface area contributed by atoms with Crippen molar-refractivity contribution in [3.05, 3.63) is 70.9 Å². The summed E-state index contributed by atoms with van der Waals surface area (Å²) in [5.41, 5.74) is 1.98. The molecule has 0 bridgehead atoms. The number of rotatable bonds is 5. The Morgan fingerprint density at radius 2 is 2.04 bits per heavy atom. The lowest BCUT2D eigenvalue weighted by molar-refractivity contribution is 0.0950. The van der Waals surface area contributed by atoms with Crippen LogP contribution in [0.25, 0.3) is 11.3 Å². The molecule has 5 nitrogen and oxygen atoms in total. The summed E-state index contributed by atoms with van der Waals surface area (Å²) in [6, 6.07) is 16.0. The van der Waals surface area contributed by atoms with E-state index in [1.54, 1.807) is 37.4 Å². The molecule has 0 saturated heterocycles. The van der Waals surface area contributed by atoms with Crippen LogP contribution in [-0.2, 0) is 6.54 Å². The minimum atomic E-state index is -0.219. The van der Waals surface area contributed by atoms with E-state index in [-0.39, 0.29) is 12.5 Å². The van der Waals surface area contributed by atoms with Crippen LogP contribution >= 0.6 is 11.6 Å². The Morgan fingerprint density at radius 3 is 2.83 bits per heavy atom. The van der Waals surface area contributed by atoms with Crippen molar-refractivity contribution in [1.29, 1.82) is 0 Å². The van der Waals surface area contributed by atoms with Crippen molar-refractivity contribution < 1.29 is 14.1 Å². The van der Waals surface area contributed by atoms with Crippen molar-refractivity contribution in [1.82, 2.24) is 10.5 Å². The highest BCUT2D eigenvalue weighted by Gasteiger charge is 2.10. The fourth-order valence-corrected chi connectivity index (χ4v) is 2.40. The van der Waals surface area contributed by atoms with Gasteiger partial charge in [0.25, 0.3) is 5.91 Å². The summed E-state index contributed by atoms with van der Waals surface area (Å²) in [6.45, 7) is 0.263. The third kappa shape index (κ3) is 3.75. The molecule has 1 N–H and O–H groups in total. The summed E-state index contributed by atoms with van der Waals surface area (Å²) in [6.07, 6.45) is 0. The Morgan fingerprint density at radius 1 is 1.21 bits per heavy atom. The lowest BCUT2D eigenvalue weighted by Gasteiger charge is -2.03. The maximum absolute atomic E-state index is 12.1. The summed E-state index contributed by atoms with van der Waals surface area (Å²) in [4.78, 5) is 12.1. The number of hydrogen-bond acceptors (Lipinski definition) is 4. The Bertz CT molecular complexity index is 861. The molecule has 0 saturated carbocycles. The molecular weight excluding hydrogens is 328 g/mol. The predicted molar refractivity (Wildman–Crippen MR) is 91.1 cm³/mol. The zero-order valence-electron chi connectivity index (χ0n) is 13.0. The molecule has 0 aliphatic rings. The standard InChI is InChI=1S/C18H15ClN2O3/c1-23-16-7-3-4-12(9-16)17-10-15(21-24-17)11-20-18(22)13-5-2-6-14(19)8-13/h2-10H,11H2,1H3,(H,20,22). The van der Waals surface area contributed by atoms with Crippen molar-refractivity contribution in [2.75, 3.05) is 7.11 Å². The third-order valence-corrected chi connectivity index (χ3v) is 3.67. The Hall–Kier alpha value is -2.79. The third-order valence-electron chi connectivity index (χ3n) is 3.43.